The first kappa shape index (κ1) is 10.6. The molecule has 1 fully saturated rings. The molecule has 0 spiro atoms. The number of hydrogen-bond acceptors (Lipinski definition) is 2. The maximum absolute atomic E-state index is 13.3. The Hall–Kier alpha value is -1.58. The molecule has 3 nitrogen and oxygen atoms in total. The van der Waals surface area contributed by atoms with E-state index < -0.39 is 5.97 Å². The van der Waals surface area contributed by atoms with Gasteiger partial charge in [0, 0.05) is 18.3 Å². The standard InChI is InChI=1S/C13H14FNO2/c14-9-3-1-8-2-4-11-10(13(16)17)5-6-15(11)12(8)7-9/h1,3,7,10-11H,2,4-6H2,(H,16,17). The minimum Gasteiger partial charge on any atom is -0.481 e. The Morgan fingerprint density at radius 2 is 2.24 bits per heavy atom. The second kappa shape index (κ2) is 3.72. The molecule has 2 aliphatic rings. The Morgan fingerprint density at radius 3 is 3.00 bits per heavy atom. The third-order valence-electron chi connectivity index (χ3n) is 3.93. The Labute approximate surface area is 98.9 Å². The zero-order valence-electron chi connectivity index (χ0n) is 9.40. The topological polar surface area (TPSA) is 40.5 Å². The Balaban J connectivity index is 1.98. The van der Waals surface area contributed by atoms with Crippen molar-refractivity contribution in [3.63, 3.8) is 0 Å². The van der Waals surface area contributed by atoms with E-state index in [-0.39, 0.29) is 17.8 Å². The van der Waals surface area contributed by atoms with Crippen LogP contribution in [-0.4, -0.2) is 23.7 Å². The summed E-state index contributed by atoms with van der Waals surface area (Å²) in [6, 6.07) is 4.87. The van der Waals surface area contributed by atoms with Crippen LogP contribution in [0.1, 0.15) is 18.4 Å². The summed E-state index contributed by atoms with van der Waals surface area (Å²) in [5.41, 5.74) is 2.03. The molecule has 1 saturated heterocycles. The van der Waals surface area contributed by atoms with Gasteiger partial charge >= 0.3 is 5.97 Å². The number of carboxylic acid groups (broad SMARTS) is 1. The van der Waals surface area contributed by atoms with Crippen LogP contribution in [0.3, 0.4) is 0 Å². The molecule has 0 saturated carbocycles. The first-order valence-corrected chi connectivity index (χ1v) is 5.94. The van der Waals surface area contributed by atoms with Gasteiger partial charge in [0.15, 0.2) is 0 Å². The zero-order valence-corrected chi connectivity index (χ0v) is 9.40. The van der Waals surface area contributed by atoms with Crippen LogP contribution in [0.15, 0.2) is 18.2 Å². The fraction of sp³-hybridized carbons (Fsp3) is 0.462. The number of fused-ring (bicyclic) bond motifs is 3. The van der Waals surface area contributed by atoms with Gasteiger partial charge in [0.05, 0.1) is 5.92 Å². The highest BCUT2D eigenvalue weighted by molar-refractivity contribution is 5.74. The SMILES string of the molecule is O=C(O)C1CCN2c3cc(F)ccc3CCC12. The molecule has 2 atom stereocenters. The molecule has 0 amide bonds. The number of halogens is 1. The number of anilines is 1. The van der Waals surface area contributed by atoms with Crippen molar-refractivity contribution in [2.45, 2.75) is 25.3 Å². The summed E-state index contributed by atoms with van der Waals surface area (Å²) >= 11 is 0. The summed E-state index contributed by atoms with van der Waals surface area (Å²) in [6.45, 7) is 0.720. The number of carboxylic acids is 1. The van der Waals surface area contributed by atoms with E-state index >= 15 is 0 Å². The fourth-order valence-electron chi connectivity index (χ4n) is 3.12. The second-order valence-electron chi connectivity index (χ2n) is 4.81. The quantitative estimate of drug-likeness (QED) is 0.810. The Morgan fingerprint density at radius 1 is 1.41 bits per heavy atom. The number of hydrogen-bond donors (Lipinski definition) is 1. The molecule has 1 aromatic carbocycles. The molecule has 1 aromatic rings. The van der Waals surface area contributed by atoms with Crippen molar-refractivity contribution < 1.29 is 14.3 Å². The van der Waals surface area contributed by atoms with Crippen molar-refractivity contribution in [1.82, 2.24) is 0 Å². The van der Waals surface area contributed by atoms with E-state index in [4.69, 9.17) is 5.11 Å². The third-order valence-corrected chi connectivity index (χ3v) is 3.93. The predicted molar refractivity (Wildman–Crippen MR) is 61.6 cm³/mol. The number of aliphatic carboxylic acids is 1. The molecule has 0 aromatic heterocycles. The Kier molecular flexibility index (Phi) is 2.31. The van der Waals surface area contributed by atoms with E-state index in [1.54, 1.807) is 0 Å². The lowest BCUT2D eigenvalue weighted by atomic mass is 9.90. The van der Waals surface area contributed by atoms with Crippen LogP contribution in [0.25, 0.3) is 0 Å². The maximum atomic E-state index is 13.3. The van der Waals surface area contributed by atoms with Crippen LogP contribution < -0.4 is 4.90 Å². The first-order valence-electron chi connectivity index (χ1n) is 5.94. The summed E-state index contributed by atoms with van der Waals surface area (Å²) in [5.74, 6) is -1.27. The molecule has 17 heavy (non-hydrogen) atoms. The van der Waals surface area contributed by atoms with Crippen LogP contribution in [0, 0.1) is 11.7 Å². The first-order chi connectivity index (χ1) is 8.16. The number of benzene rings is 1. The van der Waals surface area contributed by atoms with Crippen LogP contribution in [0.5, 0.6) is 0 Å². The zero-order chi connectivity index (χ0) is 12.0. The molecule has 90 valence electrons. The van der Waals surface area contributed by atoms with E-state index in [2.05, 4.69) is 4.90 Å². The number of aryl methyl sites for hydroxylation is 1. The van der Waals surface area contributed by atoms with Crippen molar-refractivity contribution >= 4 is 11.7 Å². The van der Waals surface area contributed by atoms with E-state index in [0.29, 0.717) is 6.42 Å². The van der Waals surface area contributed by atoms with Crippen LogP contribution >= 0.6 is 0 Å². The lowest BCUT2D eigenvalue weighted by Crippen LogP contribution is -2.39. The van der Waals surface area contributed by atoms with E-state index in [1.807, 2.05) is 6.07 Å². The summed E-state index contributed by atoms with van der Waals surface area (Å²) in [6.07, 6.45) is 2.37. The smallest absolute Gasteiger partial charge is 0.308 e. The van der Waals surface area contributed by atoms with Gasteiger partial charge in [-0.2, -0.15) is 0 Å². The number of carbonyl (C=O) groups is 1. The summed E-state index contributed by atoms with van der Waals surface area (Å²) < 4.78 is 13.3. The summed E-state index contributed by atoms with van der Waals surface area (Å²) in [4.78, 5) is 13.2. The molecule has 2 aliphatic heterocycles. The normalized spacial score (nSPS) is 26.5. The van der Waals surface area contributed by atoms with Gasteiger partial charge in [-0.1, -0.05) is 6.07 Å². The second-order valence-corrected chi connectivity index (χ2v) is 4.81. The molecule has 2 unspecified atom stereocenters. The van der Waals surface area contributed by atoms with Crippen molar-refractivity contribution in [3.8, 4) is 0 Å². The third kappa shape index (κ3) is 1.59. The van der Waals surface area contributed by atoms with Gasteiger partial charge in [0.25, 0.3) is 0 Å². The van der Waals surface area contributed by atoms with Gasteiger partial charge in [0.2, 0.25) is 0 Å². The lowest BCUT2D eigenvalue weighted by Gasteiger charge is -2.35. The lowest BCUT2D eigenvalue weighted by molar-refractivity contribution is -0.141. The van der Waals surface area contributed by atoms with Crippen LogP contribution in [-0.2, 0) is 11.2 Å². The van der Waals surface area contributed by atoms with Crippen molar-refractivity contribution in [2.24, 2.45) is 5.92 Å². The van der Waals surface area contributed by atoms with Crippen LogP contribution in [0.2, 0.25) is 0 Å². The molecule has 0 aliphatic carbocycles. The monoisotopic (exact) mass is 235 g/mol. The van der Waals surface area contributed by atoms with Crippen molar-refractivity contribution in [1.29, 1.82) is 0 Å². The minimum absolute atomic E-state index is 0.0433. The highest BCUT2D eigenvalue weighted by atomic mass is 19.1. The molecule has 4 heteroatoms. The van der Waals surface area contributed by atoms with Crippen LogP contribution in [0.4, 0.5) is 10.1 Å². The van der Waals surface area contributed by atoms with Crippen molar-refractivity contribution in [2.75, 3.05) is 11.4 Å². The fourth-order valence-corrected chi connectivity index (χ4v) is 3.12. The number of nitrogens with zero attached hydrogens (tertiary/aromatic N) is 1. The molecule has 2 heterocycles. The Bertz CT molecular complexity index is 474. The van der Waals surface area contributed by atoms with E-state index in [0.717, 1.165) is 30.6 Å². The molecule has 0 bridgehead atoms. The van der Waals surface area contributed by atoms with Gasteiger partial charge in [-0.3, -0.25) is 4.79 Å². The van der Waals surface area contributed by atoms with Crippen molar-refractivity contribution in [3.05, 3.63) is 29.6 Å². The minimum atomic E-state index is -0.725. The highest BCUT2D eigenvalue weighted by Crippen LogP contribution is 2.39. The van der Waals surface area contributed by atoms with Gasteiger partial charge in [-0.15, -0.1) is 0 Å². The average molecular weight is 235 g/mol. The van der Waals surface area contributed by atoms with Gasteiger partial charge in [0.1, 0.15) is 5.82 Å². The predicted octanol–water partition coefficient (Wildman–Crippen LogP) is 2.05. The largest absolute Gasteiger partial charge is 0.481 e. The highest BCUT2D eigenvalue weighted by Gasteiger charge is 2.41. The van der Waals surface area contributed by atoms with Gasteiger partial charge in [-0.25, -0.2) is 4.39 Å². The van der Waals surface area contributed by atoms with Gasteiger partial charge < -0.3 is 10.0 Å². The average Bonchev–Trinajstić information content (AvgIpc) is 2.72. The molecule has 1 N–H and O–H groups in total. The number of rotatable bonds is 1. The molecular formula is C13H14FNO2. The van der Waals surface area contributed by atoms with Gasteiger partial charge in [-0.05, 0) is 37.0 Å². The molecule has 0 radical (unpaired) electrons. The summed E-state index contributed by atoms with van der Waals surface area (Å²) in [7, 11) is 0. The summed E-state index contributed by atoms with van der Waals surface area (Å²) in [5, 5.41) is 9.15. The van der Waals surface area contributed by atoms with E-state index in [9.17, 15) is 9.18 Å². The van der Waals surface area contributed by atoms with E-state index in [1.165, 1.54) is 12.1 Å². The molecule has 3 rings (SSSR count). The maximum Gasteiger partial charge on any atom is 0.308 e. The molecular weight excluding hydrogens is 221 g/mol.